The highest BCUT2D eigenvalue weighted by Gasteiger charge is 2.48. The molecule has 1 aromatic rings. The average Bonchev–Trinajstić information content (AvgIpc) is 2.92. The van der Waals surface area contributed by atoms with Gasteiger partial charge in [-0.2, -0.15) is 0 Å². The fourth-order valence-electron chi connectivity index (χ4n) is 2.78. The number of carbonyl (C=O) groups excluding carboxylic acids is 1. The third kappa shape index (κ3) is 5.05. The maximum absolute atomic E-state index is 12.3. The Labute approximate surface area is 161 Å². The number of aromatic amines is 1. The molecule has 0 spiro atoms. The fraction of sp³-hybridized carbons (Fsp3) is 0.533. The Morgan fingerprint density at radius 2 is 1.90 bits per heavy atom. The number of H-pyrrole nitrogens is 1. The number of aliphatic carboxylic acids is 2. The number of carboxylic acid groups (broad SMARTS) is 2. The molecule has 1 saturated heterocycles. The van der Waals surface area contributed by atoms with Gasteiger partial charge in [0.15, 0.2) is 6.23 Å². The minimum atomic E-state index is -1.72. The second-order valence-electron chi connectivity index (χ2n) is 6.35. The number of nitrogens with one attached hydrogen (secondary N) is 2. The molecule has 14 heteroatoms. The zero-order chi connectivity index (χ0) is 21.9. The lowest BCUT2D eigenvalue weighted by molar-refractivity contribution is -0.144. The van der Waals surface area contributed by atoms with Gasteiger partial charge in [0.05, 0.1) is 0 Å². The van der Waals surface area contributed by atoms with Crippen LogP contribution in [0, 0.1) is 0 Å². The second-order valence-corrected chi connectivity index (χ2v) is 6.35. The molecule has 14 nitrogen and oxygen atoms in total. The van der Waals surface area contributed by atoms with Crippen LogP contribution in [0.25, 0.3) is 0 Å². The smallest absolute Gasteiger partial charge is 0.330 e. The molecule has 6 atom stereocenters. The van der Waals surface area contributed by atoms with Gasteiger partial charge in [-0.15, -0.1) is 0 Å². The highest BCUT2D eigenvalue weighted by atomic mass is 16.6. The molecule has 1 aromatic heterocycles. The van der Waals surface area contributed by atoms with Crippen molar-refractivity contribution in [3.05, 3.63) is 33.1 Å². The summed E-state index contributed by atoms with van der Waals surface area (Å²) in [7, 11) is 0. The molecule has 0 aromatic carbocycles. The molecule has 1 amide bonds. The molecule has 29 heavy (non-hydrogen) atoms. The molecule has 0 saturated carbocycles. The molecular weight excluding hydrogens is 396 g/mol. The van der Waals surface area contributed by atoms with Gasteiger partial charge < -0.3 is 36.2 Å². The van der Waals surface area contributed by atoms with E-state index >= 15 is 0 Å². The lowest BCUT2D eigenvalue weighted by Crippen LogP contribution is -2.55. The zero-order valence-corrected chi connectivity index (χ0v) is 14.8. The molecule has 2 rings (SSSR count). The van der Waals surface area contributed by atoms with Crippen molar-refractivity contribution in [3.8, 4) is 0 Å². The molecule has 0 bridgehead atoms. The topological polar surface area (TPSA) is 234 Å². The summed E-state index contributed by atoms with van der Waals surface area (Å²) >= 11 is 0. The minimum absolute atomic E-state index is 0.408. The van der Waals surface area contributed by atoms with Gasteiger partial charge in [-0.25, -0.2) is 9.59 Å². The van der Waals surface area contributed by atoms with E-state index in [1.165, 1.54) is 0 Å². The van der Waals surface area contributed by atoms with E-state index < -0.39 is 78.6 Å². The van der Waals surface area contributed by atoms with Crippen LogP contribution in [0.3, 0.4) is 0 Å². The van der Waals surface area contributed by atoms with E-state index in [4.69, 9.17) is 20.7 Å². The summed E-state index contributed by atoms with van der Waals surface area (Å²) < 4.78 is 6.11. The maximum Gasteiger partial charge on any atom is 0.330 e. The number of hydrogen-bond donors (Lipinski definition) is 7. The lowest BCUT2D eigenvalue weighted by atomic mass is 10.0. The zero-order valence-electron chi connectivity index (χ0n) is 14.8. The van der Waals surface area contributed by atoms with Crippen LogP contribution in [0.2, 0.25) is 0 Å². The number of amides is 1. The van der Waals surface area contributed by atoms with Crippen molar-refractivity contribution in [2.24, 2.45) is 5.73 Å². The van der Waals surface area contributed by atoms with E-state index in [-0.39, 0.29) is 0 Å². The number of nitrogens with zero attached hydrogens (tertiary/aromatic N) is 1. The fourth-order valence-corrected chi connectivity index (χ4v) is 2.78. The summed E-state index contributed by atoms with van der Waals surface area (Å²) in [5, 5.41) is 40.1. The van der Waals surface area contributed by atoms with Crippen molar-refractivity contribution in [1.29, 1.82) is 0 Å². The third-order valence-electron chi connectivity index (χ3n) is 4.32. The lowest BCUT2D eigenvalue weighted by Gasteiger charge is -2.23. The van der Waals surface area contributed by atoms with Crippen LogP contribution < -0.4 is 22.3 Å². The number of aliphatic hydroxyl groups excluding tert-OH is 2. The highest BCUT2D eigenvalue weighted by molar-refractivity contribution is 5.87. The van der Waals surface area contributed by atoms with Crippen LogP contribution >= 0.6 is 0 Å². The van der Waals surface area contributed by atoms with Gasteiger partial charge in [0, 0.05) is 18.7 Å². The van der Waals surface area contributed by atoms with Gasteiger partial charge in [0.1, 0.15) is 30.4 Å². The maximum atomic E-state index is 12.3. The molecule has 8 N–H and O–H groups in total. The first-order chi connectivity index (χ1) is 13.5. The van der Waals surface area contributed by atoms with Crippen molar-refractivity contribution in [2.75, 3.05) is 0 Å². The van der Waals surface area contributed by atoms with E-state index in [1.54, 1.807) is 0 Å². The van der Waals surface area contributed by atoms with Gasteiger partial charge in [0.2, 0.25) is 5.91 Å². The van der Waals surface area contributed by atoms with Gasteiger partial charge in [-0.3, -0.25) is 23.9 Å². The molecule has 0 aliphatic carbocycles. The molecule has 1 fully saturated rings. The van der Waals surface area contributed by atoms with Crippen LogP contribution in [0.15, 0.2) is 21.9 Å². The number of aliphatic hydroxyl groups is 2. The van der Waals surface area contributed by atoms with Gasteiger partial charge in [-0.05, 0) is 6.42 Å². The first-order valence-corrected chi connectivity index (χ1v) is 8.36. The normalized spacial score (nSPS) is 25.9. The van der Waals surface area contributed by atoms with Crippen LogP contribution in [0.5, 0.6) is 0 Å². The molecule has 160 valence electrons. The minimum Gasteiger partial charge on any atom is -0.481 e. The summed E-state index contributed by atoms with van der Waals surface area (Å²) in [6, 6.07) is -2.23. The quantitative estimate of drug-likeness (QED) is 0.215. The largest absolute Gasteiger partial charge is 0.481 e. The molecular formula is C15H20N4O10. The number of carbonyl (C=O) groups is 3. The third-order valence-corrected chi connectivity index (χ3v) is 4.32. The van der Waals surface area contributed by atoms with Crippen molar-refractivity contribution in [2.45, 2.75) is 49.5 Å². The van der Waals surface area contributed by atoms with E-state index in [0.717, 1.165) is 16.8 Å². The van der Waals surface area contributed by atoms with E-state index in [0.29, 0.717) is 0 Å². The van der Waals surface area contributed by atoms with E-state index in [2.05, 4.69) is 0 Å². The standard InChI is InChI=1S/C15H20N4O10/c16-8(12(25)17-5(14(26)27)1-2-7(21)22)11-9(23)10(24)13(29-11)19-4-3-6(20)18-15(19)28/h3-5,8-11,13,23-24H,1-2,16H2,(H,17,25)(H,21,22)(H,26,27)(H,18,20,28). The van der Waals surface area contributed by atoms with Gasteiger partial charge in [-0.1, -0.05) is 0 Å². The SMILES string of the molecule is NC(C(=O)NC(CCC(=O)O)C(=O)O)C1OC(n2ccc(=O)[nH]c2=O)C(O)C1O. The Kier molecular flexibility index (Phi) is 6.86. The molecule has 1 aliphatic rings. The summed E-state index contributed by atoms with van der Waals surface area (Å²) in [6.45, 7) is 0. The Hall–Kier alpha value is -3.07. The number of aromatic nitrogens is 2. The first-order valence-electron chi connectivity index (χ1n) is 8.36. The van der Waals surface area contributed by atoms with E-state index in [1.807, 2.05) is 10.3 Å². The molecule has 0 radical (unpaired) electrons. The highest BCUT2D eigenvalue weighted by Crippen LogP contribution is 2.29. The van der Waals surface area contributed by atoms with Gasteiger partial charge in [0.25, 0.3) is 5.56 Å². The van der Waals surface area contributed by atoms with Crippen LogP contribution in [0.4, 0.5) is 0 Å². The molecule has 6 unspecified atom stereocenters. The second kappa shape index (κ2) is 8.95. The van der Waals surface area contributed by atoms with Crippen LogP contribution in [-0.4, -0.2) is 78.2 Å². The Morgan fingerprint density at radius 1 is 1.24 bits per heavy atom. The van der Waals surface area contributed by atoms with Crippen molar-refractivity contribution in [1.82, 2.24) is 14.9 Å². The predicted octanol–water partition coefficient (Wildman–Crippen LogP) is -4.08. The first kappa shape index (κ1) is 22.2. The predicted molar refractivity (Wildman–Crippen MR) is 91.7 cm³/mol. The number of rotatable bonds is 8. The number of carboxylic acids is 2. The summed E-state index contributed by atoms with van der Waals surface area (Å²) in [6.07, 6.45) is -6.32. The summed E-state index contributed by atoms with van der Waals surface area (Å²) in [5.74, 6) is -3.83. The summed E-state index contributed by atoms with van der Waals surface area (Å²) in [5.41, 5.74) is 4.08. The van der Waals surface area contributed by atoms with Crippen molar-refractivity contribution in [3.63, 3.8) is 0 Å². The number of ether oxygens (including phenoxy) is 1. The van der Waals surface area contributed by atoms with E-state index in [9.17, 15) is 34.2 Å². The Balaban J connectivity index is 2.13. The molecule has 1 aliphatic heterocycles. The average molecular weight is 416 g/mol. The van der Waals surface area contributed by atoms with Crippen LogP contribution in [0.1, 0.15) is 19.1 Å². The monoisotopic (exact) mass is 416 g/mol. The van der Waals surface area contributed by atoms with Gasteiger partial charge >= 0.3 is 17.6 Å². The molecule has 2 heterocycles. The number of nitrogens with two attached hydrogens (primary N) is 1. The van der Waals surface area contributed by atoms with Crippen molar-refractivity contribution < 1.29 is 39.5 Å². The Morgan fingerprint density at radius 3 is 2.45 bits per heavy atom. The van der Waals surface area contributed by atoms with Crippen molar-refractivity contribution >= 4 is 17.8 Å². The Bertz CT molecular complexity index is 896. The van der Waals surface area contributed by atoms with Crippen LogP contribution in [-0.2, 0) is 19.1 Å². The summed E-state index contributed by atoms with van der Waals surface area (Å²) in [4.78, 5) is 58.9. The number of hydrogen-bond acceptors (Lipinski definition) is 9.